The summed E-state index contributed by atoms with van der Waals surface area (Å²) in [7, 11) is -6.10. The van der Waals surface area contributed by atoms with E-state index in [0.29, 0.717) is 23.6 Å². The molecule has 0 radical (unpaired) electrons. The van der Waals surface area contributed by atoms with Crippen LogP contribution in [0.5, 0.6) is 0 Å². The summed E-state index contributed by atoms with van der Waals surface area (Å²) >= 11 is 6.64. The molecule has 2 N–H and O–H groups in total. The van der Waals surface area contributed by atoms with E-state index in [1.54, 1.807) is 0 Å². The Labute approximate surface area is 361 Å². The van der Waals surface area contributed by atoms with E-state index in [4.69, 9.17) is 16.6 Å². The first-order valence-electron chi connectivity index (χ1n) is 19.6. The molecule has 3 aliphatic carbocycles. The van der Waals surface area contributed by atoms with Crippen LogP contribution in [0.3, 0.4) is 0 Å². The number of hydrogen-bond donors (Lipinski definition) is 2. The van der Waals surface area contributed by atoms with Gasteiger partial charge >= 0.3 is 6.18 Å². The Morgan fingerprint density at radius 2 is 1.68 bits per heavy atom. The molecule has 1 amide bonds. The molecule has 2 saturated carbocycles. The SMILES string of the molecule is CCS(=O)(=O)Nc1nn(C)c2c(-c3ccc(C#CC(C)(C)S(=O)(=O)C4CC4)nc3[C@H](Cc3cc(F)cc(F)c3)NC(=O)Cn3nc(C(F)(F)F)c4c3C(F)(F)[C@@H]3CC43)ccc(Cl)c12. The summed E-state index contributed by atoms with van der Waals surface area (Å²) < 4.78 is 157. The van der Waals surface area contributed by atoms with Gasteiger partial charge in [0.1, 0.15) is 34.3 Å². The van der Waals surface area contributed by atoms with Crippen molar-refractivity contribution >= 4 is 54.1 Å². The van der Waals surface area contributed by atoms with Crippen LogP contribution in [-0.2, 0) is 56.8 Å². The Balaban J connectivity index is 1.29. The first kappa shape index (κ1) is 44.4. The van der Waals surface area contributed by atoms with E-state index in [1.165, 1.54) is 56.8 Å². The molecule has 0 aliphatic heterocycles. The zero-order valence-electron chi connectivity index (χ0n) is 33.7. The lowest BCUT2D eigenvalue weighted by molar-refractivity contribution is -0.142. The van der Waals surface area contributed by atoms with E-state index in [9.17, 15) is 43.6 Å². The molecule has 22 heteroatoms. The Kier molecular flexibility index (Phi) is 10.7. The number of carbonyl (C=O) groups is 1. The predicted octanol–water partition coefficient (Wildman–Crippen LogP) is 7.56. The Hall–Kier alpha value is -5.20. The first-order chi connectivity index (χ1) is 29.3. The quantitative estimate of drug-likeness (QED) is 0.0959. The molecule has 3 aliphatic rings. The molecule has 334 valence electrons. The van der Waals surface area contributed by atoms with Crippen LogP contribution in [0.25, 0.3) is 22.0 Å². The topological polar surface area (TPSA) is 158 Å². The summed E-state index contributed by atoms with van der Waals surface area (Å²) in [5, 5.41) is 10.1. The van der Waals surface area contributed by atoms with E-state index in [0.717, 1.165) is 12.1 Å². The number of fused-ring (bicyclic) bond motifs is 4. The average Bonchev–Trinajstić information content (AvgIpc) is 4.11. The number of rotatable bonds is 12. The van der Waals surface area contributed by atoms with Gasteiger partial charge < -0.3 is 5.32 Å². The second-order valence-corrected chi connectivity index (χ2v) is 21.6. The molecule has 3 heterocycles. The van der Waals surface area contributed by atoms with Gasteiger partial charge in [0.2, 0.25) is 15.9 Å². The van der Waals surface area contributed by atoms with Crippen molar-refractivity contribution in [2.45, 2.75) is 87.1 Å². The zero-order chi connectivity index (χ0) is 45.8. The lowest BCUT2D eigenvalue weighted by Crippen LogP contribution is -2.35. The van der Waals surface area contributed by atoms with Gasteiger partial charge in [-0.1, -0.05) is 23.6 Å². The second kappa shape index (κ2) is 15.2. The maximum Gasteiger partial charge on any atom is 0.435 e. The van der Waals surface area contributed by atoms with E-state index < -0.39 is 107 Å². The maximum absolute atomic E-state index is 15.5. The number of pyridine rings is 1. The molecule has 0 spiro atoms. The van der Waals surface area contributed by atoms with Crippen molar-refractivity contribution < 1.29 is 52.4 Å². The fraction of sp³-hybridized carbons (Fsp3) is 0.415. The van der Waals surface area contributed by atoms with E-state index in [-0.39, 0.29) is 62.0 Å². The fourth-order valence-corrected chi connectivity index (χ4v) is 10.8. The number of halogens is 8. The monoisotopic (exact) mass is 939 g/mol. The predicted molar refractivity (Wildman–Crippen MR) is 218 cm³/mol. The van der Waals surface area contributed by atoms with Crippen molar-refractivity contribution in [1.82, 2.24) is 29.9 Å². The molecule has 2 aromatic carbocycles. The molecule has 0 saturated heterocycles. The van der Waals surface area contributed by atoms with Crippen LogP contribution in [0.15, 0.2) is 42.5 Å². The lowest BCUT2D eigenvalue weighted by atomic mass is 9.93. The van der Waals surface area contributed by atoms with Gasteiger partial charge in [-0.25, -0.2) is 30.6 Å². The van der Waals surface area contributed by atoms with E-state index >= 15 is 8.78 Å². The number of hydrogen-bond acceptors (Lipinski definition) is 8. The smallest absolute Gasteiger partial charge is 0.346 e. The van der Waals surface area contributed by atoms with Gasteiger partial charge in [0, 0.05) is 35.7 Å². The molecule has 0 bridgehead atoms. The van der Waals surface area contributed by atoms with E-state index in [1.807, 2.05) is 0 Å². The van der Waals surface area contributed by atoms with Gasteiger partial charge in [0.15, 0.2) is 21.3 Å². The number of nitrogens with one attached hydrogen (secondary N) is 2. The van der Waals surface area contributed by atoms with Gasteiger partial charge in [-0.3, -0.25) is 18.9 Å². The number of amides is 1. The highest BCUT2D eigenvalue weighted by atomic mass is 35.5. The zero-order valence-corrected chi connectivity index (χ0v) is 36.1. The number of sulfone groups is 1. The molecule has 63 heavy (non-hydrogen) atoms. The van der Waals surface area contributed by atoms with Crippen molar-refractivity contribution in [1.29, 1.82) is 0 Å². The number of nitrogens with zero attached hydrogens (tertiary/aromatic N) is 5. The van der Waals surface area contributed by atoms with Crippen molar-refractivity contribution in [3.63, 3.8) is 0 Å². The van der Waals surface area contributed by atoms with Gasteiger partial charge in [0.25, 0.3) is 5.92 Å². The molecular weight excluding hydrogens is 903 g/mol. The Morgan fingerprint density at radius 1 is 1.02 bits per heavy atom. The van der Waals surface area contributed by atoms with Crippen LogP contribution in [0.2, 0.25) is 5.02 Å². The van der Waals surface area contributed by atoms with Gasteiger partial charge in [-0.05, 0) is 94.2 Å². The molecule has 12 nitrogen and oxygen atoms in total. The number of alkyl halides is 5. The van der Waals surface area contributed by atoms with Gasteiger partial charge in [-0.2, -0.15) is 32.1 Å². The van der Waals surface area contributed by atoms with Crippen LogP contribution >= 0.6 is 11.6 Å². The van der Waals surface area contributed by atoms with Gasteiger partial charge in [0.05, 0.1) is 38.7 Å². The molecule has 3 atom stereocenters. The van der Waals surface area contributed by atoms with Crippen LogP contribution in [0.4, 0.5) is 36.6 Å². The second-order valence-electron chi connectivity index (χ2n) is 16.4. The Bertz CT molecular complexity index is 3010. The minimum absolute atomic E-state index is 0.0392. The molecule has 2 fully saturated rings. The highest BCUT2D eigenvalue weighted by Crippen LogP contribution is 2.68. The van der Waals surface area contributed by atoms with E-state index in [2.05, 4.69) is 32.1 Å². The van der Waals surface area contributed by atoms with Crippen LogP contribution in [-0.4, -0.2) is 63.0 Å². The molecule has 8 rings (SSSR count). The standard InChI is InChI=1S/C41H37ClF7N7O5S2/c1-5-62(58,59)54-38-33-29(42)11-10-26(35(33)55(4)53-38)25-9-6-23(12-13-39(2,3)63(60,61)24-7-8-24)50-34(25)30(16-20-14-21(43)17-22(44)15-20)51-31(57)19-56-37-32(36(52-56)41(47,48)49)27-18-28(27)40(37,45)46/h6,9-11,14-15,17,24,27-28,30H,5,7-8,16,18-19H2,1-4H3,(H,51,57)(H,53,54)/t27?,28-,30+/m1/s1. The van der Waals surface area contributed by atoms with Crippen molar-refractivity contribution in [2.75, 3.05) is 10.5 Å². The number of sulfonamides is 1. The molecule has 1 unspecified atom stereocenters. The first-order valence-corrected chi connectivity index (χ1v) is 23.1. The van der Waals surface area contributed by atoms with Crippen LogP contribution in [0, 0.1) is 29.4 Å². The lowest BCUT2D eigenvalue weighted by Gasteiger charge is -2.23. The largest absolute Gasteiger partial charge is 0.435 e. The molecular formula is C41H37ClF7N7O5S2. The number of aryl methyl sites for hydroxylation is 1. The van der Waals surface area contributed by atoms with Crippen molar-refractivity contribution in [3.8, 4) is 23.0 Å². The summed E-state index contributed by atoms with van der Waals surface area (Å²) in [5.74, 6) is -4.18. The minimum Gasteiger partial charge on any atom is -0.346 e. The van der Waals surface area contributed by atoms with Crippen molar-refractivity contribution in [2.24, 2.45) is 13.0 Å². The van der Waals surface area contributed by atoms with Crippen LogP contribution in [0.1, 0.15) is 85.9 Å². The summed E-state index contributed by atoms with van der Waals surface area (Å²) in [4.78, 5) is 18.8. The Morgan fingerprint density at radius 3 is 2.32 bits per heavy atom. The third kappa shape index (κ3) is 8.14. The third-order valence-electron chi connectivity index (χ3n) is 11.5. The van der Waals surface area contributed by atoms with Crippen molar-refractivity contribution in [3.05, 3.63) is 93.0 Å². The summed E-state index contributed by atoms with van der Waals surface area (Å²) in [6.07, 6.45) is -4.77. The normalized spacial score (nSPS) is 18.7. The maximum atomic E-state index is 15.5. The fourth-order valence-electron chi connectivity index (χ4n) is 8.15. The number of anilines is 1. The third-order valence-corrected chi connectivity index (χ3v) is 15.9. The van der Waals surface area contributed by atoms with Gasteiger partial charge in [-0.15, -0.1) is 0 Å². The summed E-state index contributed by atoms with van der Waals surface area (Å²) in [5.41, 5.74) is -2.69. The highest BCUT2D eigenvalue weighted by molar-refractivity contribution is 7.94. The average molecular weight is 940 g/mol. The summed E-state index contributed by atoms with van der Waals surface area (Å²) in [6.45, 7) is 3.15. The number of benzene rings is 2. The number of carbonyl (C=O) groups excluding carboxylic acids is 1. The molecule has 3 aromatic heterocycles. The van der Waals surface area contributed by atoms with Crippen LogP contribution < -0.4 is 10.0 Å². The number of aromatic nitrogens is 5. The molecule has 5 aromatic rings. The summed E-state index contributed by atoms with van der Waals surface area (Å²) in [6, 6.07) is 6.96. The highest BCUT2D eigenvalue weighted by Gasteiger charge is 2.68. The minimum atomic E-state index is -5.11.